The van der Waals surface area contributed by atoms with Crippen LogP contribution in [0.1, 0.15) is 13.8 Å². The van der Waals surface area contributed by atoms with Crippen molar-refractivity contribution < 1.29 is 0 Å². The van der Waals surface area contributed by atoms with Crippen LogP contribution in [-0.4, -0.2) is 24.5 Å². The highest BCUT2D eigenvalue weighted by Gasteiger charge is 2.19. The molecule has 0 saturated carbocycles. The van der Waals surface area contributed by atoms with Crippen LogP contribution in [-0.2, 0) is 0 Å². The van der Waals surface area contributed by atoms with Crippen molar-refractivity contribution in [2.24, 2.45) is 5.92 Å². The lowest BCUT2D eigenvalue weighted by Gasteiger charge is -2.09. The third-order valence-corrected chi connectivity index (χ3v) is 1.91. The summed E-state index contributed by atoms with van der Waals surface area (Å²) in [6.45, 7) is 12.1. The molecule has 9 heavy (non-hydrogen) atoms. The smallest absolute Gasteiger partial charge is 0.0110 e. The van der Waals surface area contributed by atoms with E-state index in [2.05, 4.69) is 25.3 Å². The van der Waals surface area contributed by atoms with E-state index in [1.165, 1.54) is 25.2 Å². The lowest BCUT2D eigenvalue weighted by molar-refractivity contribution is 0.475. The van der Waals surface area contributed by atoms with E-state index in [4.69, 9.17) is 0 Å². The zero-order chi connectivity index (χ0) is 6.85. The third kappa shape index (κ3) is 2.19. The Morgan fingerprint density at radius 1 is 1.67 bits per heavy atom. The second kappa shape index (κ2) is 2.53. The first-order valence-electron chi connectivity index (χ1n) is 3.58. The zero-order valence-electron chi connectivity index (χ0n) is 6.35. The van der Waals surface area contributed by atoms with Gasteiger partial charge in [-0.15, -0.1) is 0 Å². The lowest BCUT2D eigenvalue weighted by atomic mass is 10.1. The van der Waals surface area contributed by atoms with Gasteiger partial charge in [-0.25, -0.2) is 0 Å². The van der Waals surface area contributed by atoms with Crippen LogP contribution >= 0.6 is 0 Å². The minimum absolute atomic E-state index is 0.687. The molecule has 1 aliphatic rings. The molecule has 0 spiro atoms. The molecular formula is C8H15N. The summed E-state index contributed by atoms with van der Waals surface area (Å²) >= 11 is 0. The van der Waals surface area contributed by atoms with Gasteiger partial charge in [-0.1, -0.05) is 19.1 Å². The van der Waals surface area contributed by atoms with E-state index in [1.54, 1.807) is 0 Å². The Bertz CT molecular complexity index is 114. The van der Waals surface area contributed by atoms with Crippen LogP contribution in [0.5, 0.6) is 0 Å². The van der Waals surface area contributed by atoms with Crippen LogP contribution in [0.15, 0.2) is 12.2 Å². The zero-order valence-corrected chi connectivity index (χ0v) is 6.35. The molecule has 0 aromatic carbocycles. The Morgan fingerprint density at radius 3 is 2.56 bits per heavy atom. The van der Waals surface area contributed by atoms with E-state index < -0.39 is 0 Å². The van der Waals surface area contributed by atoms with Gasteiger partial charge in [0.15, 0.2) is 0 Å². The fourth-order valence-electron chi connectivity index (χ4n) is 0.796. The molecule has 0 aromatic rings. The van der Waals surface area contributed by atoms with Crippen LogP contribution in [0.4, 0.5) is 0 Å². The normalized spacial score (nSPS) is 21.6. The molecule has 1 unspecified atom stereocenters. The molecule has 0 aliphatic carbocycles. The first-order chi connectivity index (χ1) is 4.20. The number of rotatable bonds is 3. The minimum Gasteiger partial charge on any atom is -0.300 e. The highest BCUT2D eigenvalue weighted by molar-refractivity contribution is 4.96. The van der Waals surface area contributed by atoms with Gasteiger partial charge in [-0.3, -0.25) is 0 Å². The van der Waals surface area contributed by atoms with Gasteiger partial charge in [0, 0.05) is 19.6 Å². The molecule has 0 amide bonds. The summed E-state index contributed by atoms with van der Waals surface area (Å²) in [5, 5.41) is 0. The summed E-state index contributed by atoms with van der Waals surface area (Å²) < 4.78 is 0. The second-order valence-electron chi connectivity index (χ2n) is 3.05. The Morgan fingerprint density at radius 2 is 2.22 bits per heavy atom. The Labute approximate surface area is 57.4 Å². The molecule has 1 heteroatoms. The van der Waals surface area contributed by atoms with Gasteiger partial charge < -0.3 is 4.90 Å². The largest absolute Gasteiger partial charge is 0.300 e. The van der Waals surface area contributed by atoms with Crippen molar-refractivity contribution in [3.63, 3.8) is 0 Å². The van der Waals surface area contributed by atoms with Crippen molar-refractivity contribution in [2.45, 2.75) is 13.8 Å². The van der Waals surface area contributed by atoms with Gasteiger partial charge in [0.05, 0.1) is 0 Å². The highest BCUT2D eigenvalue weighted by atomic mass is 15.3. The van der Waals surface area contributed by atoms with Crippen molar-refractivity contribution in [1.82, 2.24) is 4.90 Å². The molecule has 0 bridgehead atoms. The molecule has 0 radical (unpaired) electrons. The Hall–Kier alpha value is -0.300. The van der Waals surface area contributed by atoms with Crippen molar-refractivity contribution in [1.29, 1.82) is 0 Å². The van der Waals surface area contributed by atoms with Crippen molar-refractivity contribution in [2.75, 3.05) is 19.6 Å². The molecule has 0 N–H and O–H groups in total. The van der Waals surface area contributed by atoms with E-state index >= 15 is 0 Å². The van der Waals surface area contributed by atoms with Gasteiger partial charge in [-0.05, 0) is 12.8 Å². The SMILES string of the molecule is C=C(C)C(C)CN1CC1. The molecule has 1 atom stereocenters. The quantitative estimate of drug-likeness (QED) is 0.408. The summed E-state index contributed by atoms with van der Waals surface area (Å²) in [7, 11) is 0. The molecule has 1 fully saturated rings. The summed E-state index contributed by atoms with van der Waals surface area (Å²) in [5.74, 6) is 0.687. The van der Waals surface area contributed by atoms with Gasteiger partial charge in [0.25, 0.3) is 0 Å². The summed E-state index contributed by atoms with van der Waals surface area (Å²) in [5.41, 5.74) is 1.31. The molecule has 1 aliphatic heterocycles. The van der Waals surface area contributed by atoms with E-state index in [0.29, 0.717) is 5.92 Å². The minimum atomic E-state index is 0.687. The fourth-order valence-corrected chi connectivity index (χ4v) is 0.796. The fraction of sp³-hybridized carbons (Fsp3) is 0.750. The summed E-state index contributed by atoms with van der Waals surface area (Å²) in [6, 6.07) is 0. The topological polar surface area (TPSA) is 3.01 Å². The van der Waals surface area contributed by atoms with Gasteiger partial charge in [0.2, 0.25) is 0 Å². The molecule has 1 nitrogen and oxygen atoms in total. The summed E-state index contributed by atoms with van der Waals surface area (Å²) in [4.78, 5) is 2.43. The van der Waals surface area contributed by atoms with Crippen molar-refractivity contribution in [3.8, 4) is 0 Å². The van der Waals surface area contributed by atoms with Crippen LogP contribution in [0, 0.1) is 5.92 Å². The highest BCUT2D eigenvalue weighted by Crippen LogP contribution is 2.13. The van der Waals surface area contributed by atoms with Crippen molar-refractivity contribution >= 4 is 0 Å². The predicted octanol–water partition coefficient (Wildman–Crippen LogP) is 1.51. The van der Waals surface area contributed by atoms with Gasteiger partial charge >= 0.3 is 0 Å². The molecule has 1 saturated heterocycles. The monoisotopic (exact) mass is 125 g/mol. The molecule has 52 valence electrons. The number of hydrogen-bond acceptors (Lipinski definition) is 1. The van der Waals surface area contributed by atoms with Crippen molar-refractivity contribution in [3.05, 3.63) is 12.2 Å². The van der Waals surface area contributed by atoms with E-state index in [-0.39, 0.29) is 0 Å². The predicted molar refractivity (Wildman–Crippen MR) is 40.4 cm³/mol. The number of nitrogens with zero attached hydrogens (tertiary/aromatic N) is 1. The van der Waals surface area contributed by atoms with Crippen LogP contribution in [0.25, 0.3) is 0 Å². The Balaban J connectivity index is 2.16. The molecule has 1 heterocycles. The van der Waals surface area contributed by atoms with E-state index in [9.17, 15) is 0 Å². The first kappa shape index (κ1) is 6.81. The maximum absolute atomic E-state index is 3.91. The number of hydrogen-bond donors (Lipinski definition) is 0. The molecule has 0 aromatic heterocycles. The average molecular weight is 125 g/mol. The van der Waals surface area contributed by atoms with Crippen LogP contribution < -0.4 is 0 Å². The maximum Gasteiger partial charge on any atom is 0.0110 e. The van der Waals surface area contributed by atoms with E-state index in [1.807, 2.05) is 0 Å². The van der Waals surface area contributed by atoms with E-state index in [0.717, 1.165) is 0 Å². The van der Waals surface area contributed by atoms with Gasteiger partial charge in [-0.2, -0.15) is 0 Å². The molecular weight excluding hydrogens is 110 g/mol. The second-order valence-corrected chi connectivity index (χ2v) is 3.05. The Kier molecular flexibility index (Phi) is 1.91. The lowest BCUT2D eigenvalue weighted by Crippen LogP contribution is -2.10. The summed E-state index contributed by atoms with van der Waals surface area (Å²) in [6.07, 6.45) is 0. The third-order valence-electron chi connectivity index (χ3n) is 1.91. The van der Waals surface area contributed by atoms with Gasteiger partial charge in [0.1, 0.15) is 0 Å². The maximum atomic E-state index is 3.91. The standard InChI is InChI=1S/C8H15N/c1-7(2)8(3)6-9-4-5-9/h8H,1,4-6H2,2-3H3. The van der Waals surface area contributed by atoms with Crippen LogP contribution in [0.3, 0.4) is 0 Å². The first-order valence-corrected chi connectivity index (χ1v) is 3.58. The average Bonchev–Trinajstić information content (AvgIpc) is 2.50. The van der Waals surface area contributed by atoms with Crippen LogP contribution in [0.2, 0.25) is 0 Å². The molecule has 1 rings (SSSR count).